The second-order valence-electron chi connectivity index (χ2n) is 6.18. The Morgan fingerprint density at radius 1 is 1.33 bits per heavy atom. The fraction of sp³-hybridized carbons (Fsp3) is 0.923. The van der Waals surface area contributed by atoms with Crippen LogP contribution in [0.3, 0.4) is 0 Å². The molecule has 5 heteroatoms. The smallest absolute Gasteiger partial charge is 0.410 e. The molecule has 0 spiro atoms. The molecule has 1 rings (SSSR count). The van der Waals surface area contributed by atoms with Crippen molar-refractivity contribution in [3.05, 3.63) is 0 Å². The fourth-order valence-corrected chi connectivity index (χ4v) is 2.23. The zero-order valence-corrected chi connectivity index (χ0v) is 12.4. The van der Waals surface area contributed by atoms with Gasteiger partial charge in [0.05, 0.1) is 12.6 Å². The highest BCUT2D eigenvalue weighted by Crippen LogP contribution is 2.22. The maximum Gasteiger partial charge on any atom is 0.410 e. The van der Waals surface area contributed by atoms with Gasteiger partial charge in [0.25, 0.3) is 0 Å². The van der Waals surface area contributed by atoms with Crippen LogP contribution in [0.15, 0.2) is 0 Å². The molecule has 0 saturated carbocycles. The molecule has 0 N–H and O–H groups in total. The average molecular weight is 258 g/mol. The fourth-order valence-electron chi connectivity index (χ4n) is 2.23. The van der Waals surface area contributed by atoms with Crippen LogP contribution in [0.1, 0.15) is 20.8 Å². The van der Waals surface area contributed by atoms with Gasteiger partial charge in [-0.05, 0) is 34.9 Å². The lowest BCUT2D eigenvalue weighted by atomic mass is 10.1. The number of carbonyl (C=O) groups is 1. The first-order valence-electron chi connectivity index (χ1n) is 6.38. The Labute approximate surface area is 110 Å². The number of methoxy groups -OCH3 is 1. The lowest BCUT2D eigenvalue weighted by Gasteiger charge is -2.24. The number of carbonyl (C=O) groups excluding carboxylic acids is 1. The Kier molecular flexibility index (Phi) is 4.99. The van der Waals surface area contributed by atoms with Gasteiger partial charge in [0, 0.05) is 26.1 Å². The van der Waals surface area contributed by atoms with Gasteiger partial charge in [-0.3, -0.25) is 0 Å². The molecular weight excluding hydrogens is 232 g/mol. The number of hydrogen-bond donors (Lipinski definition) is 0. The van der Waals surface area contributed by atoms with Crippen molar-refractivity contribution in [3.8, 4) is 0 Å². The number of nitrogens with zero attached hydrogens (tertiary/aromatic N) is 2. The summed E-state index contributed by atoms with van der Waals surface area (Å²) in [7, 11) is 5.76. The molecule has 1 heterocycles. The van der Waals surface area contributed by atoms with Crippen molar-refractivity contribution in [2.75, 3.05) is 40.8 Å². The summed E-state index contributed by atoms with van der Waals surface area (Å²) >= 11 is 0. The van der Waals surface area contributed by atoms with Crippen LogP contribution in [-0.2, 0) is 9.47 Å². The van der Waals surface area contributed by atoms with E-state index >= 15 is 0 Å². The van der Waals surface area contributed by atoms with Crippen molar-refractivity contribution < 1.29 is 14.3 Å². The summed E-state index contributed by atoms with van der Waals surface area (Å²) in [4.78, 5) is 15.9. The van der Waals surface area contributed by atoms with Gasteiger partial charge in [-0.15, -0.1) is 0 Å². The van der Waals surface area contributed by atoms with Crippen LogP contribution in [0.4, 0.5) is 4.79 Å². The normalized spacial score (nSPS) is 24.7. The maximum absolute atomic E-state index is 12.0. The van der Waals surface area contributed by atoms with Crippen LogP contribution in [0.2, 0.25) is 0 Å². The van der Waals surface area contributed by atoms with Crippen LogP contribution in [0.5, 0.6) is 0 Å². The van der Waals surface area contributed by atoms with E-state index in [0.717, 1.165) is 6.54 Å². The minimum absolute atomic E-state index is 0.0971. The van der Waals surface area contributed by atoms with Gasteiger partial charge in [-0.1, -0.05) is 0 Å². The van der Waals surface area contributed by atoms with Gasteiger partial charge < -0.3 is 19.3 Å². The molecule has 0 aromatic heterocycles. The van der Waals surface area contributed by atoms with Crippen LogP contribution < -0.4 is 0 Å². The summed E-state index contributed by atoms with van der Waals surface area (Å²) in [6.45, 7) is 7.87. The number of rotatable bonds is 3. The molecule has 0 aromatic carbocycles. The number of amides is 1. The molecule has 18 heavy (non-hydrogen) atoms. The van der Waals surface area contributed by atoms with E-state index in [0.29, 0.717) is 19.0 Å². The summed E-state index contributed by atoms with van der Waals surface area (Å²) in [5, 5.41) is 0. The van der Waals surface area contributed by atoms with E-state index in [-0.39, 0.29) is 12.2 Å². The molecule has 106 valence electrons. The van der Waals surface area contributed by atoms with Crippen LogP contribution in [0.25, 0.3) is 0 Å². The first kappa shape index (κ1) is 15.2. The highest BCUT2D eigenvalue weighted by Gasteiger charge is 2.37. The monoisotopic (exact) mass is 258 g/mol. The first-order chi connectivity index (χ1) is 8.23. The van der Waals surface area contributed by atoms with E-state index in [1.165, 1.54) is 0 Å². The Hall–Kier alpha value is -0.810. The van der Waals surface area contributed by atoms with Gasteiger partial charge >= 0.3 is 6.09 Å². The Bertz CT molecular complexity index is 286. The molecular formula is C13H26N2O3. The van der Waals surface area contributed by atoms with Crippen molar-refractivity contribution >= 4 is 6.09 Å². The van der Waals surface area contributed by atoms with Gasteiger partial charge in [0.1, 0.15) is 5.60 Å². The molecule has 0 bridgehead atoms. The predicted molar refractivity (Wildman–Crippen MR) is 70.6 cm³/mol. The summed E-state index contributed by atoms with van der Waals surface area (Å²) < 4.78 is 10.8. The second-order valence-corrected chi connectivity index (χ2v) is 6.18. The molecule has 0 radical (unpaired) electrons. The third-order valence-electron chi connectivity index (χ3n) is 2.94. The van der Waals surface area contributed by atoms with Crippen molar-refractivity contribution in [1.82, 2.24) is 9.80 Å². The Morgan fingerprint density at radius 3 is 2.39 bits per heavy atom. The molecule has 0 aliphatic carbocycles. The molecule has 1 aliphatic rings. The predicted octanol–water partition coefficient (Wildman–Crippen LogP) is 1.43. The SMILES string of the molecule is CO[C@H]1CN(C(=O)OC(C)(C)C)C[C@H]1CN(C)C. The van der Waals surface area contributed by atoms with Crippen molar-refractivity contribution in [2.45, 2.75) is 32.5 Å². The third-order valence-corrected chi connectivity index (χ3v) is 2.94. The molecule has 0 unspecified atom stereocenters. The van der Waals surface area contributed by atoms with Gasteiger partial charge in [0.15, 0.2) is 0 Å². The number of hydrogen-bond acceptors (Lipinski definition) is 4. The molecule has 0 aromatic rings. The van der Waals surface area contributed by atoms with Gasteiger partial charge in [0.2, 0.25) is 0 Å². The highest BCUT2D eigenvalue weighted by atomic mass is 16.6. The number of ether oxygens (including phenoxy) is 2. The Morgan fingerprint density at radius 2 is 1.94 bits per heavy atom. The quantitative estimate of drug-likeness (QED) is 0.768. The molecule has 5 nitrogen and oxygen atoms in total. The third kappa shape index (κ3) is 4.46. The molecule has 1 fully saturated rings. The average Bonchev–Trinajstić information content (AvgIpc) is 2.57. The minimum atomic E-state index is -0.445. The van der Waals surface area contributed by atoms with Gasteiger partial charge in [-0.2, -0.15) is 0 Å². The van der Waals surface area contributed by atoms with E-state index in [1.807, 2.05) is 34.9 Å². The molecule has 1 aliphatic heterocycles. The van der Waals surface area contributed by atoms with Gasteiger partial charge in [-0.25, -0.2) is 4.79 Å². The summed E-state index contributed by atoms with van der Waals surface area (Å²) in [6, 6.07) is 0. The summed E-state index contributed by atoms with van der Waals surface area (Å²) in [5.41, 5.74) is -0.445. The topological polar surface area (TPSA) is 42.0 Å². The lowest BCUT2D eigenvalue weighted by molar-refractivity contribution is 0.0251. The zero-order valence-electron chi connectivity index (χ0n) is 12.4. The highest BCUT2D eigenvalue weighted by molar-refractivity contribution is 5.68. The van der Waals surface area contributed by atoms with Crippen molar-refractivity contribution in [2.24, 2.45) is 5.92 Å². The Balaban J connectivity index is 2.58. The van der Waals surface area contributed by atoms with E-state index in [1.54, 1.807) is 12.0 Å². The zero-order chi connectivity index (χ0) is 13.9. The van der Waals surface area contributed by atoms with E-state index < -0.39 is 5.60 Å². The maximum atomic E-state index is 12.0. The number of likely N-dealkylation sites (tertiary alicyclic amines) is 1. The summed E-state index contributed by atoms with van der Waals surface area (Å²) in [5.74, 6) is 0.345. The van der Waals surface area contributed by atoms with Crippen molar-refractivity contribution in [3.63, 3.8) is 0 Å². The van der Waals surface area contributed by atoms with Crippen LogP contribution in [0, 0.1) is 5.92 Å². The van der Waals surface area contributed by atoms with Crippen molar-refractivity contribution in [1.29, 1.82) is 0 Å². The van der Waals surface area contributed by atoms with E-state index in [2.05, 4.69) is 4.90 Å². The van der Waals surface area contributed by atoms with Crippen LogP contribution in [-0.4, -0.2) is 68.4 Å². The molecule has 1 amide bonds. The largest absolute Gasteiger partial charge is 0.444 e. The summed E-state index contributed by atoms with van der Waals surface area (Å²) in [6.07, 6.45) is -0.147. The lowest BCUT2D eigenvalue weighted by Crippen LogP contribution is -2.36. The minimum Gasteiger partial charge on any atom is -0.444 e. The standard InChI is InChI=1S/C13H26N2O3/c1-13(2,3)18-12(16)15-8-10(7-14(4)5)11(9-15)17-6/h10-11H,7-9H2,1-6H3/t10-,11+/m1/s1. The van der Waals surface area contributed by atoms with Crippen LogP contribution >= 0.6 is 0 Å². The molecule has 1 saturated heterocycles. The molecule has 2 atom stereocenters. The first-order valence-corrected chi connectivity index (χ1v) is 6.38. The van der Waals surface area contributed by atoms with E-state index in [9.17, 15) is 4.79 Å². The second kappa shape index (κ2) is 5.89. The van der Waals surface area contributed by atoms with E-state index in [4.69, 9.17) is 9.47 Å².